The van der Waals surface area contributed by atoms with E-state index < -0.39 is 0 Å². The minimum Gasteiger partial charge on any atom is -0.409 e. The number of pyridine rings is 1. The summed E-state index contributed by atoms with van der Waals surface area (Å²) in [5.74, 6) is -0.321. The average molecular weight is 263 g/mol. The molecule has 0 saturated heterocycles. The summed E-state index contributed by atoms with van der Waals surface area (Å²) in [5.41, 5.74) is 5.79. The molecule has 1 aromatic heterocycles. The fourth-order valence-corrected chi connectivity index (χ4v) is 2.14. The molecule has 0 unspecified atom stereocenters. The number of rotatable bonds is 3. The lowest BCUT2D eigenvalue weighted by molar-refractivity contribution is 0.318. The summed E-state index contributed by atoms with van der Waals surface area (Å²) in [6.45, 7) is 0. The van der Waals surface area contributed by atoms with Crippen LogP contribution in [0.2, 0.25) is 0 Å². The molecule has 6 heteroatoms. The first kappa shape index (κ1) is 12.4. The first-order valence-electron chi connectivity index (χ1n) is 5.06. The van der Waals surface area contributed by atoms with E-state index in [1.54, 1.807) is 24.4 Å². The lowest BCUT2D eigenvalue weighted by atomic mass is 10.3. The van der Waals surface area contributed by atoms with Gasteiger partial charge < -0.3 is 10.9 Å². The Hall–Kier alpha value is -2.08. The van der Waals surface area contributed by atoms with E-state index in [1.165, 1.54) is 23.9 Å². The molecule has 0 fully saturated rings. The monoisotopic (exact) mass is 263 g/mol. The fourth-order valence-electron chi connectivity index (χ4n) is 1.31. The third kappa shape index (κ3) is 2.98. The Labute approximate surface area is 107 Å². The van der Waals surface area contributed by atoms with Gasteiger partial charge in [-0.05, 0) is 30.3 Å². The minimum atomic E-state index is -0.277. The van der Waals surface area contributed by atoms with E-state index in [9.17, 15) is 4.39 Å². The van der Waals surface area contributed by atoms with Crippen molar-refractivity contribution in [2.75, 3.05) is 0 Å². The van der Waals surface area contributed by atoms with Crippen LogP contribution in [0.1, 0.15) is 5.69 Å². The number of oxime groups is 1. The lowest BCUT2D eigenvalue weighted by Gasteiger charge is -2.02. The molecule has 0 aliphatic heterocycles. The van der Waals surface area contributed by atoms with Crippen LogP contribution in [0.5, 0.6) is 0 Å². The second-order valence-corrected chi connectivity index (χ2v) is 4.57. The second-order valence-electron chi connectivity index (χ2n) is 3.42. The van der Waals surface area contributed by atoms with Crippen LogP contribution < -0.4 is 5.73 Å². The van der Waals surface area contributed by atoms with Gasteiger partial charge in [-0.1, -0.05) is 23.0 Å². The number of hydrogen-bond donors (Lipinski definition) is 2. The molecule has 0 radical (unpaired) electrons. The van der Waals surface area contributed by atoms with Crippen LogP contribution in [0.3, 0.4) is 0 Å². The number of amidine groups is 1. The average Bonchev–Trinajstić information content (AvgIpc) is 2.39. The van der Waals surface area contributed by atoms with Crippen LogP contribution in [0, 0.1) is 5.82 Å². The van der Waals surface area contributed by atoms with Crippen LogP contribution in [0.4, 0.5) is 4.39 Å². The number of benzene rings is 1. The van der Waals surface area contributed by atoms with Gasteiger partial charge in [0.15, 0.2) is 5.84 Å². The summed E-state index contributed by atoms with van der Waals surface area (Å²) in [4.78, 5) is 5.67. The summed E-state index contributed by atoms with van der Waals surface area (Å²) >= 11 is 1.38. The number of hydrogen-bond acceptors (Lipinski definition) is 4. The highest BCUT2D eigenvalue weighted by atomic mass is 32.2. The Morgan fingerprint density at radius 1 is 1.28 bits per heavy atom. The van der Waals surface area contributed by atoms with Crippen molar-refractivity contribution in [3.05, 3.63) is 54.1 Å². The summed E-state index contributed by atoms with van der Waals surface area (Å²) in [6.07, 6.45) is 1.59. The predicted octanol–water partition coefficient (Wildman–Crippen LogP) is 2.47. The molecule has 2 rings (SSSR count). The molecule has 0 saturated carbocycles. The van der Waals surface area contributed by atoms with Crippen molar-refractivity contribution in [2.24, 2.45) is 10.9 Å². The summed E-state index contributed by atoms with van der Waals surface area (Å²) in [6, 6.07) is 9.71. The van der Waals surface area contributed by atoms with Gasteiger partial charge in [-0.15, -0.1) is 0 Å². The molecule has 18 heavy (non-hydrogen) atoms. The molecule has 0 aliphatic rings. The van der Waals surface area contributed by atoms with Gasteiger partial charge in [0, 0.05) is 16.0 Å². The van der Waals surface area contributed by atoms with E-state index in [2.05, 4.69) is 10.1 Å². The number of halogens is 1. The van der Waals surface area contributed by atoms with E-state index in [-0.39, 0.29) is 11.7 Å². The second kappa shape index (κ2) is 5.50. The molecule has 0 spiro atoms. The number of nitrogens with two attached hydrogens (primary N) is 1. The van der Waals surface area contributed by atoms with Gasteiger partial charge in [-0.3, -0.25) is 4.98 Å². The lowest BCUT2D eigenvalue weighted by Crippen LogP contribution is -2.14. The highest BCUT2D eigenvalue weighted by molar-refractivity contribution is 7.99. The number of aromatic nitrogens is 1. The van der Waals surface area contributed by atoms with E-state index in [0.29, 0.717) is 5.69 Å². The predicted molar refractivity (Wildman–Crippen MR) is 67.3 cm³/mol. The van der Waals surface area contributed by atoms with Crippen molar-refractivity contribution in [1.82, 2.24) is 4.98 Å². The Balaban J connectivity index is 2.16. The van der Waals surface area contributed by atoms with Gasteiger partial charge in [0.1, 0.15) is 11.5 Å². The van der Waals surface area contributed by atoms with Crippen molar-refractivity contribution < 1.29 is 9.60 Å². The van der Waals surface area contributed by atoms with Crippen molar-refractivity contribution >= 4 is 17.6 Å². The van der Waals surface area contributed by atoms with Gasteiger partial charge in [0.05, 0.1) is 0 Å². The Morgan fingerprint density at radius 3 is 2.72 bits per heavy atom. The molecule has 0 aliphatic carbocycles. The van der Waals surface area contributed by atoms with E-state index in [1.807, 2.05) is 6.07 Å². The van der Waals surface area contributed by atoms with Crippen molar-refractivity contribution in [1.29, 1.82) is 0 Å². The third-order valence-corrected chi connectivity index (χ3v) is 3.11. The van der Waals surface area contributed by atoms with Gasteiger partial charge in [-0.25, -0.2) is 4.39 Å². The van der Waals surface area contributed by atoms with E-state index in [4.69, 9.17) is 10.9 Å². The maximum Gasteiger partial charge on any atom is 0.188 e. The Bertz CT molecular complexity index is 572. The highest BCUT2D eigenvalue weighted by Crippen LogP contribution is 2.27. The summed E-state index contributed by atoms with van der Waals surface area (Å²) < 4.78 is 13.0. The van der Waals surface area contributed by atoms with Crippen LogP contribution in [-0.4, -0.2) is 16.0 Å². The smallest absolute Gasteiger partial charge is 0.188 e. The first-order chi connectivity index (χ1) is 8.69. The van der Waals surface area contributed by atoms with E-state index >= 15 is 0 Å². The molecular formula is C12H10FN3OS. The highest BCUT2D eigenvalue weighted by Gasteiger charge is 2.03. The van der Waals surface area contributed by atoms with Crippen LogP contribution >= 0.6 is 11.8 Å². The minimum absolute atomic E-state index is 0.0442. The zero-order valence-electron chi connectivity index (χ0n) is 9.25. The molecule has 4 nitrogen and oxygen atoms in total. The molecule has 1 heterocycles. The van der Waals surface area contributed by atoms with Crippen molar-refractivity contribution in [2.45, 2.75) is 9.79 Å². The summed E-state index contributed by atoms with van der Waals surface area (Å²) in [5, 5.41) is 11.4. The topological polar surface area (TPSA) is 71.5 Å². The van der Waals surface area contributed by atoms with Gasteiger partial charge >= 0.3 is 0 Å². The van der Waals surface area contributed by atoms with Crippen molar-refractivity contribution in [3.8, 4) is 0 Å². The molecule has 0 bridgehead atoms. The third-order valence-electron chi connectivity index (χ3n) is 2.14. The largest absolute Gasteiger partial charge is 0.409 e. The van der Waals surface area contributed by atoms with Gasteiger partial charge in [0.2, 0.25) is 0 Å². The van der Waals surface area contributed by atoms with Crippen LogP contribution in [-0.2, 0) is 0 Å². The molecule has 0 atom stereocenters. The van der Waals surface area contributed by atoms with Crippen molar-refractivity contribution in [3.63, 3.8) is 0 Å². The fraction of sp³-hybridized carbons (Fsp3) is 0. The van der Waals surface area contributed by atoms with Crippen LogP contribution in [0.15, 0.2) is 57.5 Å². The molecule has 0 amide bonds. The maximum absolute atomic E-state index is 13.0. The first-order valence-corrected chi connectivity index (χ1v) is 5.88. The molecular weight excluding hydrogens is 253 g/mol. The maximum atomic E-state index is 13.0. The normalized spacial score (nSPS) is 11.5. The van der Waals surface area contributed by atoms with Crippen LogP contribution in [0.25, 0.3) is 0 Å². The molecule has 3 N–H and O–H groups in total. The summed E-state index contributed by atoms with van der Waals surface area (Å²) in [7, 11) is 0. The SMILES string of the molecule is N/C(=N/O)c1ccc(Sc2cccc(F)c2)cn1. The van der Waals surface area contributed by atoms with Gasteiger partial charge in [-0.2, -0.15) is 0 Å². The zero-order valence-corrected chi connectivity index (χ0v) is 10.1. The molecule has 2 aromatic rings. The Morgan fingerprint density at radius 2 is 2.11 bits per heavy atom. The Kier molecular flexibility index (Phi) is 3.78. The standard InChI is InChI=1S/C12H10FN3OS/c13-8-2-1-3-9(6-8)18-10-4-5-11(15-7-10)12(14)16-17/h1-7,17H,(H2,14,16). The van der Waals surface area contributed by atoms with Gasteiger partial charge in [0.25, 0.3) is 0 Å². The zero-order chi connectivity index (χ0) is 13.0. The number of nitrogens with zero attached hydrogens (tertiary/aromatic N) is 2. The van der Waals surface area contributed by atoms with E-state index in [0.717, 1.165) is 9.79 Å². The molecule has 1 aromatic carbocycles. The molecule has 92 valence electrons. The quantitative estimate of drug-likeness (QED) is 0.386.